The molecule has 0 spiro atoms. The van der Waals surface area contributed by atoms with E-state index < -0.39 is 0 Å². The minimum atomic E-state index is -0.289. The number of hydrogen-bond donors (Lipinski definition) is 1. The minimum absolute atomic E-state index is 0.184. The van der Waals surface area contributed by atoms with Crippen molar-refractivity contribution in [3.63, 3.8) is 0 Å². The van der Waals surface area contributed by atoms with E-state index in [1.54, 1.807) is 6.92 Å². The van der Waals surface area contributed by atoms with Crippen LogP contribution in [-0.2, 0) is 25.5 Å². The number of esters is 2. The van der Waals surface area contributed by atoms with E-state index in [0.717, 1.165) is 31.2 Å². The van der Waals surface area contributed by atoms with Crippen LogP contribution in [0, 0.1) is 0 Å². The van der Waals surface area contributed by atoms with E-state index in [0.29, 0.717) is 50.6 Å². The van der Waals surface area contributed by atoms with Gasteiger partial charge in [0, 0.05) is 25.0 Å². The summed E-state index contributed by atoms with van der Waals surface area (Å²) in [6.45, 7) is 3.37. The lowest BCUT2D eigenvalue weighted by Gasteiger charge is -2.16. The van der Waals surface area contributed by atoms with Crippen molar-refractivity contribution >= 4 is 11.9 Å². The van der Waals surface area contributed by atoms with Crippen LogP contribution in [0.25, 0.3) is 0 Å². The second-order valence-electron chi connectivity index (χ2n) is 6.55. The van der Waals surface area contributed by atoms with E-state index in [9.17, 15) is 9.59 Å². The fraction of sp³-hybridized carbons (Fsp3) is 0.636. The quantitative estimate of drug-likeness (QED) is 0.330. The van der Waals surface area contributed by atoms with Crippen molar-refractivity contribution in [1.29, 1.82) is 0 Å². The van der Waals surface area contributed by atoms with Gasteiger partial charge in [-0.3, -0.25) is 9.59 Å². The van der Waals surface area contributed by atoms with Crippen molar-refractivity contribution in [2.45, 2.75) is 58.3 Å². The number of rotatable bonds is 16. The molecule has 0 heterocycles. The van der Waals surface area contributed by atoms with Crippen LogP contribution in [-0.4, -0.2) is 50.6 Å². The number of carbonyl (C=O) groups excluding carboxylic acids is 2. The van der Waals surface area contributed by atoms with Crippen LogP contribution in [0.4, 0.5) is 0 Å². The monoisotopic (exact) mass is 410 g/mol. The second-order valence-corrected chi connectivity index (χ2v) is 6.55. The van der Waals surface area contributed by atoms with Crippen molar-refractivity contribution in [2.75, 3.05) is 33.5 Å². The number of benzene rings is 1. The number of carbonyl (C=O) groups is 2. The highest BCUT2D eigenvalue weighted by molar-refractivity contribution is 5.70. The lowest BCUT2D eigenvalue weighted by atomic mass is 10.1. The van der Waals surface area contributed by atoms with Gasteiger partial charge in [-0.2, -0.15) is 0 Å². The van der Waals surface area contributed by atoms with E-state index in [4.69, 9.17) is 24.1 Å². The van der Waals surface area contributed by atoms with E-state index in [1.807, 2.05) is 18.2 Å². The molecule has 0 aliphatic carbocycles. The maximum atomic E-state index is 11.6. The molecule has 0 saturated heterocycles. The zero-order valence-electron chi connectivity index (χ0n) is 17.6. The maximum absolute atomic E-state index is 11.6. The van der Waals surface area contributed by atoms with Gasteiger partial charge < -0.3 is 24.1 Å². The summed E-state index contributed by atoms with van der Waals surface area (Å²) in [5.74, 6) is 0.894. The first-order valence-electron chi connectivity index (χ1n) is 10.3. The topological polar surface area (TPSA) is 91.3 Å². The lowest BCUT2D eigenvalue weighted by molar-refractivity contribution is -0.143. The summed E-state index contributed by atoms with van der Waals surface area (Å²) >= 11 is 0. The first-order chi connectivity index (χ1) is 14.1. The van der Waals surface area contributed by atoms with Gasteiger partial charge in [0.1, 0.15) is 11.5 Å². The summed E-state index contributed by atoms with van der Waals surface area (Å²) in [7, 11) is 1.37. The molecule has 1 aromatic rings. The molecular weight excluding hydrogens is 376 g/mol. The van der Waals surface area contributed by atoms with E-state index in [1.165, 1.54) is 7.11 Å². The Morgan fingerprint density at radius 1 is 0.897 bits per heavy atom. The average molecular weight is 411 g/mol. The van der Waals surface area contributed by atoms with Gasteiger partial charge in [-0.05, 0) is 57.6 Å². The Labute approximate surface area is 173 Å². The first-order valence-corrected chi connectivity index (χ1v) is 10.3. The van der Waals surface area contributed by atoms with Crippen LogP contribution in [0.1, 0.15) is 57.4 Å². The van der Waals surface area contributed by atoms with Crippen molar-refractivity contribution in [3.05, 3.63) is 23.8 Å². The first kappa shape index (κ1) is 24.8. The highest BCUT2D eigenvalue weighted by Gasteiger charge is 2.14. The van der Waals surface area contributed by atoms with Gasteiger partial charge in [0.15, 0.2) is 0 Å². The molecule has 0 unspecified atom stereocenters. The average Bonchev–Trinajstić information content (AvgIpc) is 2.72. The molecule has 0 amide bonds. The Hall–Kier alpha value is -2.28. The highest BCUT2D eigenvalue weighted by atomic mass is 16.5. The molecule has 1 aromatic carbocycles. The molecule has 0 bridgehead atoms. The van der Waals surface area contributed by atoms with Gasteiger partial charge in [-0.25, -0.2) is 0 Å². The van der Waals surface area contributed by atoms with Crippen LogP contribution in [0.15, 0.2) is 18.2 Å². The number of aliphatic hydroxyl groups is 1. The van der Waals surface area contributed by atoms with Gasteiger partial charge in [0.2, 0.25) is 0 Å². The van der Waals surface area contributed by atoms with Crippen molar-refractivity contribution < 1.29 is 33.6 Å². The van der Waals surface area contributed by atoms with E-state index in [-0.39, 0.29) is 25.0 Å². The smallest absolute Gasteiger partial charge is 0.305 e. The molecule has 0 aliphatic heterocycles. The summed E-state index contributed by atoms with van der Waals surface area (Å²) in [5.41, 5.74) is 0.838. The zero-order chi connectivity index (χ0) is 21.3. The van der Waals surface area contributed by atoms with Gasteiger partial charge in [-0.1, -0.05) is 6.07 Å². The van der Waals surface area contributed by atoms with Gasteiger partial charge in [0.25, 0.3) is 0 Å². The van der Waals surface area contributed by atoms with Crippen LogP contribution in [0.2, 0.25) is 0 Å². The molecule has 0 aromatic heterocycles. The summed E-state index contributed by atoms with van der Waals surface area (Å²) in [4.78, 5) is 23.0. The molecule has 0 saturated carbocycles. The van der Waals surface area contributed by atoms with Crippen LogP contribution in [0.5, 0.6) is 11.5 Å². The second kappa shape index (κ2) is 15.6. The Morgan fingerprint density at radius 2 is 1.55 bits per heavy atom. The molecule has 1 rings (SSSR count). The van der Waals surface area contributed by atoms with Crippen LogP contribution in [0.3, 0.4) is 0 Å². The number of ether oxygens (including phenoxy) is 4. The Balaban J connectivity index is 2.64. The Morgan fingerprint density at radius 3 is 2.14 bits per heavy atom. The van der Waals surface area contributed by atoms with Gasteiger partial charge in [-0.15, -0.1) is 0 Å². The van der Waals surface area contributed by atoms with E-state index >= 15 is 0 Å². The molecule has 7 heteroatoms. The molecule has 29 heavy (non-hydrogen) atoms. The van der Waals surface area contributed by atoms with E-state index in [2.05, 4.69) is 0 Å². The SMILES string of the molecule is CCOC(=O)CCCCOc1cccc(OCCCCCO)c1CCC(=O)OC. The molecule has 7 nitrogen and oxygen atoms in total. The molecule has 0 radical (unpaired) electrons. The molecule has 164 valence electrons. The predicted molar refractivity (Wildman–Crippen MR) is 109 cm³/mol. The predicted octanol–water partition coefficient (Wildman–Crippen LogP) is 3.45. The standard InChI is InChI=1S/C22H34O7/c1-3-27-22(25)12-5-8-17-29-20-11-9-10-19(28-16-7-4-6-15-23)18(20)13-14-21(24)26-2/h9-11,23H,3-8,12-17H2,1-2H3. The fourth-order valence-electron chi connectivity index (χ4n) is 2.75. The van der Waals surface area contributed by atoms with Crippen LogP contribution >= 0.6 is 0 Å². The minimum Gasteiger partial charge on any atom is -0.493 e. The van der Waals surface area contributed by atoms with Gasteiger partial charge in [0.05, 0.1) is 26.9 Å². The third kappa shape index (κ3) is 10.7. The number of unbranched alkanes of at least 4 members (excludes halogenated alkanes) is 3. The summed E-state index contributed by atoms with van der Waals surface area (Å²) in [6, 6.07) is 5.58. The van der Waals surface area contributed by atoms with Crippen molar-refractivity contribution in [1.82, 2.24) is 0 Å². The third-order valence-corrected chi connectivity index (χ3v) is 4.29. The number of aliphatic hydroxyl groups excluding tert-OH is 1. The summed E-state index contributed by atoms with van der Waals surface area (Å²) in [6.07, 6.45) is 4.98. The molecule has 0 atom stereocenters. The molecule has 0 aliphatic rings. The normalized spacial score (nSPS) is 10.4. The fourth-order valence-corrected chi connectivity index (χ4v) is 2.75. The van der Waals surface area contributed by atoms with Crippen molar-refractivity contribution in [3.8, 4) is 11.5 Å². The highest BCUT2D eigenvalue weighted by Crippen LogP contribution is 2.30. The summed E-state index contributed by atoms with van der Waals surface area (Å²) in [5, 5.41) is 8.86. The Bertz CT molecular complexity index is 601. The molecule has 0 fully saturated rings. The maximum Gasteiger partial charge on any atom is 0.305 e. The van der Waals surface area contributed by atoms with Gasteiger partial charge >= 0.3 is 11.9 Å². The van der Waals surface area contributed by atoms with Crippen LogP contribution < -0.4 is 9.47 Å². The Kier molecular flexibility index (Phi) is 13.3. The molecular formula is C22H34O7. The lowest BCUT2D eigenvalue weighted by Crippen LogP contribution is -2.08. The van der Waals surface area contributed by atoms with Crippen molar-refractivity contribution in [2.24, 2.45) is 0 Å². The number of hydrogen-bond acceptors (Lipinski definition) is 7. The number of methoxy groups -OCH3 is 1. The third-order valence-electron chi connectivity index (χ3n) is 4.29. The largest absolute Gasteiger partial charge is 0.493 e. The molecule has 1 N–H and O–H groups in total. The summed E-state index contributed by atoms with van der Waals surface area (Å²) < 4.78 is 21.5. The zero-order valence-corrected chi connectivity index (χ0v) is 17.6.